The molecule has 0 heterocycles. The van der Waals surface area contributed by atoms with Gasteiger partial charge in [0.25, 0.3) is 0 Å². The molecule has 2 amide bonds. The Hall–Kier alpha value is -3.40. The fourth-order valence-electron chi connectivity index (χ4n) is 2.43. The highest BCUT2D eigenvalue weighted by Crippen LogP contribution is 2.16. The smallest absolute Gasteiger partial charge is 0.337 e. The molecule has 160 valence electrons. The molecule has 0 spiro atoms. The average Bonchev–Trinajstić information content (AvgIpc) is 2.72. The number of amides is 2. The molecule has 10 heteroatoms. The Balaban J connectivity index is 2.01. The Morgan fingerprint density at radius 2 is 1.63 bits per heavy atom. The summed E-state index contributed by atoms with van der Waals surface area (Å²) in [5.41, 5.74) is 0.824. The Morgan fingerprint density at radius 3 is 2.23 bits per heavy atom. The van der Waals surface area contributed by atoms with Gasteiger partial charge in [-0.05, 0) is 49.4 Å². The minimum atomic E-state index is -4.08. The van der Waals surface area contributed by atoms with E-state index >= 15 is 0 Å². The Morgan fingerprint density at radius 1 is 0.967 bits per heavy atom. The first-order valence-electron chi connectivity index (χ1n) is 8.81. The summed E-state index contributed by atoms with van der Waals surface area (Å²) in [6.45, 7) is 1.19. The third-order valence-electron chi connectivity index (χ3n) is 4.17. The standard InChI is InChI=1S/C20H22N2O7S/c1-13(19(24)22-16-6-4-5-14(11-16)20(25)29-3)30(26,27)12-18(23)21-15-7-9-17(28-2)10-8-15/h4-11,13H,12H2,1-3H3,(H,21,23)(H,22,24). The summed E-state index contributed by atoms with van der Waals surface area (Å²) in [6, 6.07) is 12.2. The largest absolute Gasteiger partial charge is 0.497 e. The first-order valence-corrected chi connectivity index (χ1v) is 10.5. The van der Waals surface area contributed by atoms with Crippen molar-refractivity contribution in [2.75, 3.05) is 30.6 Å². The second-order valence-corrected chi connectivity index (χ2v) is 8.61. The number of carbonyl (C=O) groups is 3. The van der Waals surface area contributed by atoms with Gasteiger partial charge in [0.1, 0.15) is 16.8 Å². The first-order chi connectivity index (χ1) is 14.2. The summed E-state index contributed by atoms with van der Waals surface area (Å²) in [7, 11) is -1.36. The van der Waals surface area contributed by atoms with Crippen LogP contribution in [-0.2, 0) is 24.2 Å². The quantitative estimate of drug-likeness (QED) is 0.607. The van der Waals surface area contributed by atoms with Gasteiger partial charge in [0, 0.05) is 11.4 Å². The van der Waals surface area contributed by atoms with Crippen molar-refractivity contribution in [2.24, 2.45) is 0 Å². The van der Waals surface area contributed by atoms with Gasteiger partial charge in [0.05, 0.1) is 19.8 Å². The molecule has 0 aliphatic heterocycles. The third-order valence-corrected chi connectivity index (χ3v) is 6.12. The zero-order valence-corrected chi connectivity index (χ0v) is 17.5. The summed E-state index contributed by atoms with van der Waals surface area (Å²) in [6.07, 6.45) is 0. The highest BCUT2D eigenvalue weighted by molar-refractivity contribution is 7.93. The Bertz CT molecular complexity index is 1030. The van der Waals surface area contributed by atoms with Gasteiger partial charge in [-0.3, -0.25) is 9.59 Å². The van der Waals surface area contributed by atoms with Gasteiger partial charge in [0.2, 0.25) is 11.8 Å². The van der Waals surface area contributed by atoms with Gasteiger partial charge in [-0.1, -0.05) is 6.07 Å². The maximum Gasteiger partial charge on any atom is 0.337 e. The van der Waals surface area contributed by atoms with E-state index in [9.17, 15) is 22.8 Å². The second kappa shape index (κ2) is 9.88. The van der Waals surface area contributed by atoms with Crippen LogP contribution in [-0.4, -0.2) is 51.4 Å². The van der Waals surface area contributed by atoms with Gasteiger partial charge in [-0.25, -0.2) is 13.2 Å². The molecule has 0 radical (unpaired) electrons. The van der Waals surface area contributed by atoms with Crippen LogP contribution in [0.5, 0.6) is 5.75 Å². The first kappa shape index (κ1) is 22.9. The van der Waals surface area contributed by atoms with E-state index in [-0.39, 0.29) is 11.3 Å². The van der Waals surface area contributed by atoms with Crippen LogP contribution in [0.4, 0.5) is 11.4 Å². The predicted octanol–water partition coefficient (Wildman–Crippen LogP) is 1.86. The van der Waals surface area contributed by atoms with Gasteiger partial charge < -0.3 is 20.1 Å². The summed E-state index contributed by atoms with van der Waals surface area (Å²) >= 11 is 0. The van der Waals surface area contributed by atoms with Gasteiger partial charge in [-0.15, -0.1) is 0 Å². The molecule has 30 heavy (non-hydrogen) atoms. The van der Waals surface area contributed by atoms with Crippen LogP contribution in [0, 0.1) is 0 Å². The van der Waals surface area contributed by atoms with Crippen molar-refractivity contribution < 1.29 is 32.3 Å². The lowest BCUT2D eigenvalue weighted by molar-refractivity contribution is -0.115. The van der Waals surface area contributed by atoms with Crippen LogP contribution in [0.1, 0.15) is 17.3 Å². The van der Waals surface area contributed by atoms with E-state index in [1.807, 2.05) is 0 Å². The van der Waals surface area contributed by atoms with Crippen LogP contribution in [0.25, 0.3) is 0 Å². The molecule has 2 aromatic carbocycles. The van der Waals surface area contributed by atoms with E-state index in [0.29, 0.717) is 11.4 Å². The van der Waals surface area contributed by atoms with Crippen molar-refractivity contribution in [3.05, 3.63) is 54.1 Å². The van der Waals surface area contributed by atoms with E-state index in [4.69, 9.17) is 4.74 Å². The van der Waals surface area contributed by atoms with Crippen molar-refractivity contribution in [2.45, 2.75) is 12.2 Å². The highest BCUT2D eigenvalue weighted by Gasteiger charge is 2.30. The second-order valence-electron chi connectivity index (χ2n) is 6.29. The summed E-state index contributed by atoms with van der Waals surface area (Å²) < 4.78 is 34.6. The van der Waals surface area contributed by atoms with E-state index in [0.717, 1.165) is 0 Å². The SMILES string of the molecule is COC(=O)c1cccc(NC(=O)C(C)S(=O)(=O)CC(=O)Nc2ccc(OC)cc2)c1. The van der Waals surface area contributed by atoms with Gasteiger partial charge in [-0.2, -0.15) is 0 Å². The molecule has 0 bridgehead atoms. The molecule has 1 unspecified atom stereocenters. The number of rotatable bonds is 8. The van der Waals surface area contributed by atoms with E-state index in [1.54, 1.807) is 24.3 Å². The van der Waals surface area contributed by atoms with Crippen molar-refractivity contribution in [3.63, 3.8) is 0 Å². The lowest BCUT2D eigenvalue weighted by Crippen LogP contribution is -2.37. The predicted molar refractivity (Wildman–Crippen MR) is 111 cm³/mol. The number of benzene rings is 2. The summed E-state index contributed by atoms with van der Waals surface area (Å²) in [4.78, 5) is 36.1. The lowest BCUT2D eigenvalue weighted by atomic mass is 10.2. The van der Waals surface area contributed by atoms with E-state index in [2.05, 4.69) is 15.4 Å². The minimum Gasteiger partial charge on any atom is -0.497 e. The van der Waals surface area contributed by atoms with E-state index in [1.165, 1.54) is 45.4 Å². The topological polar surface area (TPSA) is 128 Å². The maximum absolute atomic E-state index is 12.5. The molecule has 0 aliphatic carbocycles. The number of nitrogens with one attached hydrogen (secondary N) is 2. The molecule has 0 aliphatic rings. The average molecular weight is 434 g/mol. The fourth-order valence-corrected chi connectivity index (χ4v) is 3.50. The summed E-state index contributed by atoms with van der Waals surface area (Å²) in [5, 5.41) is 3.41. The molecular weight excluding hydrogens is 412 g/mol. The van der Waals surface area contributed by atoms with Gasteiger partial charge >= 0.3 is 5.97 Å². The van der Waals surface area contributed by atoms with E-state index < -0.39 is 38.6 Å². The van der Waals surface area contributed by atoms with Crippen molar-refractivity contribution in [3.8, 4) is 5.75 Å². The normalized spacial score (nSPS) is 11.8. The Kier molecular flexibility index (Phi) is 7.54. The number of ether oxygens (including phenoxy) is 2. The Labute approximate surface area is 174 Å². The van der Waals surface area contributed by atoms with Crippen LogP contribution in [0.2, 0.25) is 0 Å². The van der Waals surface area contributed by atoms with Crippen LogP contribution in [0.3, 0.4) is 0 Å². The van der Waals surface area contributed by atoms with Crippen molar-refractivity contribution in [1.29, 1.82) is 0 Å². The van der Waals surface area contributed by atoms with Gasteiger partial charge in [0.15, 0.2) is 9.84 Å². The third kappa shape index (κ3) is 6.05. The molecular formula is C20H22N2O7S. The molecule has 2 rings (SSSR count). The number of hydrogen-bond donors (Lipinski definition) is 2. The lowest BCUT2D eigenvalue weighted by Gasteiger charge is -2.14. The number of anilines is 2. The number of sulfone groups is 1. The molecule has 9 nitrogen and oxygen atoms in total. The molecule has 0 saturated carbocycles. The monoisotopic (exact) mass is 434 g/mol. The number of methoxy groups -OCH3 is 2. The molecule has 2 N–H and O–H groups in total. The molecule has 0 fully saturated rings. The van der Waals surface area contributed by atoms with Crippen LogP contribution >= 0.6 is 0 Å². The minimum absolute atomic E-state index is 0.199. The highest BCUT2D eigenvalue weighted by atomic mass is 32.2. The molecule has 1 atom stereocenters. The zero-order chi connectivity index (χ0) is 22.3. The fraction of sp³-hybridized carbons (Fsp3) is 0.250. The number of esters is 1. The van der Waals surface area contributed by atoms with Crippen LogP contribution < -0.4 is 15.4 Å². The number of carbonyl (C=O) groups excluding carboxylic acids is 3. The van der Waals surface area contributed by atoms with Crippen LogP contribution in [0.15, 0.2) is 48.5 Å². The molecule has 0 aromatic heterocycles. The number of hydrogen-bond acceptors (Lipinski definition) is 7. The zero-order valence-electron chi connectivity index (χ0n) is 16.7. The van der Waals surface area contributed by atoms with Crippen molar-refractivity contribution >= 4 is 39.0 Å². The molecule has 2 aromatic rings. The summed E-state index contributed by atoms with van der Waals surface area (Å²) in [5.74, 6) is -2.47. The van der Waals surface area contributed by atoms with Crippen molar-refractivity contribution in [1.82, 2.24) is 0 Å². The molecule has 0 saturated heterocycles. The maximum atomic E-state index is 12.5.